The third-order valence-corrected chi connectivity index (χ3v) is 3.89. The van der Waals surface area contributed by atoms with Crippen LogP contribution in [0.1, 0.15) is 39.5 Å². The number of nitrogens with one attached hydrogen (secondary N) is 1. The maximum Gasteiger partial charge on any atom is 0.0573 e. The maximum absolute atomic E-state index is 4.34. The van der Waals surface area contributed by atoms with Gasteiger partial charge in [0.1, 0.15) is 0 Å². The van der Waals surface area contributed by atoms with Crippen LogP contribution in [-0.4, -0.2) is 24.6 Å². The highest BCUT2D eigenvalue weighted by molar-refractivity contribution is 5.55. The molecular weight excluding hydrogens is 222 g/mol. The van der Waals surface area contributed by atoms with Crippen LogP contribution in [0.2, 0.25) is 0 Å². The van der Waals surface area contributed by atoms with Crippen LogP contribution in [0.4, 0.5) is 11.4 Å². The molecule has 1 unspecified atom stereocenters. The average molecular weight is 247 g/mol. The third kappa shape index (κ3) is 3.37. The molecule has 2 heterocycles. The second-order valence-electron chi connectivity index (χ2n) is 5.15. The number of aromatic nitrogens is 1. The van der Waals surface area contributed by atoms with Crippen molar-refractivity contribution in [1.82, 2.24) is 4.98 Å². The third-order valence-electron chi connectivity index (χ3n) is 3.89. The fourth-order valence-corrected chi connectivity index (χ4v) is 2.73. The minimum absolute atomic E-state index is 0.917. The summed E-state index contributed by atoms with van der Waals surface area (Å²) in [6, 6.07) is 2.22. The summed E-state index contributed by atoms with van der Waals surface area (Å²) in [7, 11) is 0. The predicted octanol–water partition coefficient (Wildman–Crippen LogP) is 3.53. The standard InChI is InChI=1S/C15H25N3/c1-3-13-6-5-8-18(9-7-13)15-10-14(17-4-2)11-16-12-15/h10-13,17H,3-9H2,1-2H3. The largest absolute Gasteiger partial charge is 0.384 e. The molecule has 0 bridgehead atoms. The Balaban J connectivity index is 2.03. The second kappa shape index (κ2) is 6.62. The molecule has 3 heteroatoms. The Kier molecular flexibility index (Phi) is 4.85. The number of nitrogens with zero attached hydrogens (tertiary/aromatic N) is 2. The molecule has 0 spiro atoms. The molecule has 1 N–H and O–H groups in total. The number of hydrogen-bond acceptors (Lipinski definition) is 3. The lowest BCUT2D eigenvalue weighted by atomic mass is 9.98. The molecule has 1 aliphatic heterocycles. The summed E-state index contributed by atoms with van der Waals surface area (Å²) in [6.07, 6.45) is 9.23. The Labute approximate surface area is 111 Å². The molecule has 100 valence electrons. The van der Waals surface area contributed by atoms with E-state index >= 15 is 0 Å². The molecule has 1 atom stereocenters. The first kappa shape index (κ1) is 13.2. The van der Waals surface area contributed by atoms with E-state index < -0.39 is 0 Å². The summed E-state index contributed by atoms with van der Waals surface area (Å²) < 4.78 is 0. The Morgan fingerprint density at radius 2 is 2.17 bits per heavy atom. The molecule has 1 saturated heterocycles. The van der Waals surface area contributed by atoms with Crippen molar-refractivity contribution in [2.45, 2.75) is 39.5 Å². The van der Waals surface area contributed by atoms with Gasteiger partial charge in [0.25, 0.3) is 0 Å². The van der Waals surface area contributed by atoms with E-state index in [1.54, 1.807) is 0 Å². The van der Waals surface area contributed by atoms with Crippen LogP contribution in [0.5, 0.6) is 0 Å². The Morgan fingerprint density at radius 1 is 1.28 bits per heavy atom. The van der Waals surface area contributed by atoms with Gasteiger partial charge in [-0.05, 0) is 38.2 Å². The highest BCUT2D eigenvalue weighted by Gasteiger charge is 2.16. The van der Waals surface area contributed by atoms with Gasteiger partial charge in [0.2, 0.25) is 0 Å². The monoisotopic (exact) mass is 247 g/mol. The smallest absolute Gasteiger partial charge is 0.0573 e. The van der Waals surface area contributed by atoms with E-state index in [0.717, 1.165) is 18.2 Å². The lowest BCUT2D eigenvalue weighted by molar-refractivity contribution is 0.459. The van der Waals surface area contributed by atoms with E-state index in [2.05, 4.69) is 35.1 Å². The molecule has 0 saturated carbocycles. The Morgan fingerprint density at radius 3 is 2.94 bits per heavy atom. The molecule has 1 aliphatic rings. The van der Waals surface area contributed by atoms with Crippen LogP contribution in [-0.2, 0) is 0 Å². The highest BCUT2D eigenvalue weighted by atomic mass is 15.1. The quantitative estimate of drug-likeness (QED) is 0.882. The number of rotatable bonds is 4. The van der Waals surface area contributed by atoms with E-state index in [0.29, 0.717) is 0 Å². The van der Waals surface area contributed by atoms with E-state index in [1.807, 2.05) is 12.4 Å². The zero-order valence-corrected chi connectivity index (χ0v) is 11.7. The van der Waals surface area contributed by atoms with Crippen molar-refractivity contribution in [1.29, 1.82) is 0 Å². The molecule has 18 heavy (non-hydrogen) atoms. The first-order valence-electron chi connectivity index (χ1n) is 7.27. The minimum atomic E-state index is 0.917. The van der Waals surface area contributed by atoms with Gasteiger partial charge < -0.3 is 10.2 Å². The van der Waals surface area contributed by atoms with Crippen molar-refractivity contribution in [3.8, 4) is 0 Å². The predicted molar refractivity (Wildman–Crippen MR) is 78.2 cm³/mol. The molecule has 0 aromatic carbocycles. The van der Waals surface area contributed by atoms with Gasteiger partial charge in [0.05, 0.1) is 23.8 Å². The molecule has 2 rings (SSSR count). The van der Waals surface area contributed by atoms with Crippen molar-refractivity contribution < 1.29 is 0 Å². The lowest BCUT2D eigenvalue weighted by Gasteiger charge is -2.23. The summed E-state index contributed by atoms with van der Waals surface area (Å²) >= 11 is 0. The van der Waals surface area contributed by atoms with Gasteiger partial charge in [-0.2, -0.15) is 0 Å². The fourth-order valence-electron chi connectivity index (χ4n) is 2.73. The van der Waals surface area contributed by atoms with Crippen molar-refractivity contribution in [2.24, 2.45) is 5.92 Å². The lowest BCUT2D eigenvalue weighted by Crippen LogP contribution is -2.24. The molecule has 0 amide bonds. The van der Waals surface area contributed by atoms with Crippen LogP contribution >= 0.6 is 0 Å². The molecule has 1 fully saturated rings. The van der Waals surface area contributed by atoms with E-state index in [9.17, 15) is 0 Å². The summed E-state index contributed by atoms with van der Waals surface area (Å²) in [6.45, 7) is 7.73. The van der Waals surface area contributed by atoms with Gasteiger partial charge >= 0.3 is 0 Å². The van der Waals surface area contributed by atoms with Gasteiger partial charge in [-0.3, -0.25) is 4.98 Å². The van der Waals surface area contributed by atoms with Crippen LogP contribution in [0.25, 0.3) is 0 Å². The molecule has 1 aromatic heterocycles. The van der Waals surface area contributed by atoms with Crippen molar-refractivity contribution >= 4 is 11.4 Å². The summed E-state index contributed by atoms with van der Waals surface area (Å²) in [4.78, 5) is 6.83. The van der Waals surface area contributed by atoms with Gasteiger partial charge in [-0.25, -0.2) is 0 Å². The van der Waals surface area contributed by atoms with Gasteiger partial charge in [-0.1, -0.05) is 13.3 Å². The van der Waals surface area contributed by atoms with Crippen LogP contribution in [0.3, 0.4) is 0 Å². The van der Waals surface area contributed by atoms with Crippen molar-refractivity contribution in [2.75, 3.05) is 29.9 Å². The zero-order valence-electron chi connectivity index (χ0n) is 11.7. The summed E-state index contributed by atoms with van der Waals surface area (Å²) in [5, 5.41) is 3.33. The molecule has 1 aromatic rings. The molecule has 0 aliphatic carbocycles. The second-order valence-corrected chi connectivity index (χ2v) is 5.15. The summed E-state index contributed by atoms with van der Waals surface area (Å²) in [5.41, 5.74) is 2.40. The maximum atomic E-state index is 4.34. The van der Waals surface area contributed by atoms with Crippen molar-refractivity contribution in [3.05, 3.63) is 18.5 Å². The summed E-state index contributed by atoms with van der Waals surface area (Å²) in [5.74, 6) is 0.917. The average Bonchev–Trinajstić information content (AvgIpc) is 2.65. The normalized spacial score (nSPS) is 20.6. The number of anilines is 2. The molecule has 3 nitrogen and oxygen atoms in total. The Bertz CT molecular complexity index is 365. The van der Waals surface area contributed by atoms with Gasteiger partial charge in [0, 0.05) is 19.6 Å². The first-order chi connectivity index (χ1) is 8.83. The molecular formula is C15H25N3. The first-order valence-corrected chi connectivity index (χ1v) is 7.27. The van der Waals surface area contributed by atoms with Crippen LogP contribution < -0.4 is 10.2 Å². The molecule has 0 radical (unpaired) electrons. The number of pyridine rings is 1. The fraction of sp³-hybridized carbons (Fsp3) is 0.667. The van der Waals surface area contributed by atoms with Crippen LogP contribution in [0, 0.1) is 5.92 Å². The number of hydrogen-bond donors (Lipinski definition) is 1. The minimum Gasteiger partial charge on any atom is -0.384 e. The Hall–Kier alpha value is -1.25. The highest BCUT2D eigenvalue weighted by Crippen LogP contribution is 2.25. The SMILES string of the molecule is CCNc1cncc(N2CCCC(CC)CC2)c1. The van der Waals surface area contributed by atoms with E-state index in [1.165, 1.54) is 44.5 Å². The van der Waals surface area contributed by atoms with Gasteiger partial charge in [-0.15, -0.1) is 0 Å². The topological polar surface area (TPSA) is 28.2 Å². The van der Waals surface area contributed by atoms with Crippen LogP contribution in [0.15, 0.2) is 18.5 Å². The van der Waals surface area contributed by atoms with Gasteiger partial charge in [0.15, 0.2) is 0 Å². The van der Waals surface area contributed by atoms with E-state index in [4.69, 9.17) is 0 Å². The van der Waals surface area contributed by atoms with Crippen molar-refractivity contribution in [3.63, 3.8) is 0 Å². The zero-order chi connectivity index (χ0) is 12.8. The van der Waals surface area contributed by atoms with E-state index in [-0.39, 0.29) is 0 Å².